The third-order valence-electron chi connectivity index (χ3n) is 4.81. The average molecular weight is 569 g/mol. The molecule has 0 aliphatic carbocycles. The second kappa shape index (κ2) is 9.02. The van der Waals surface area contributed by atoms with Crippen LogP contribution in [0.5, 0.6) is 0 Å². The molecule has 1 heterocycles. The first kappa shape index (κ1) is 22.5. The van der Waals surface area contributed by atoms with Crippen LogP contribution >= 0.6 is 22.6 Å². The van der Waals surface area contributed by atoms with Gasteiger partial charge < -0.3 is 0 Å². The van der Waals surface area contributed by atoms with Gasteiger partial charge in [0.05, 0.1) is 11.2 Å². The van der Waals surface area contributed by atoms with Crippen LogP contribution in [0.3, 0.4) is 0 Å². The summed E-state index contributed by atoms with van der Waals surface area (Å²) in [6, 6.07) is 11.8. The largest absolute Gasteiger partial charge is 0.267 e. The van der Waals surface area contributed by atoms with Gasteiger partial charge in [-0.2, -0.15) is 0 Å². The molecular formula is C22H15F3IN3O2S. The fourth-order valence-corrected chi connectivity index (χ4v) is 5.71. The number of para-hydroxylation sites is 1. The van der Waals surface area contributed by atoms with Crippen LogP contribution in [0.1, 0.15) is 11.6 Å². The van der Waals surface area contributed by atoms with Crippen molar-refractivity contribution in [3.63, 3.8) is 0 Å². The Hall–Kier alpha value is -2.73. The van der Waals surface area contributed by atoms with Crippen molar-refractivity contribution in [1.29, 1.82) is 0 Å². The number of sulfonamides is 1. The van der Waals surface area contributed by atoms with E-state index >= 15 is 0 Å². The van der Waals surface area contributed by atoms with E-state index in [0.29, 0.717) is 15.2 Å². The van der Waals surface area contributed by atoms with E-state index in [-0.39, 0.29) is 21.7 Å². The van der Waals surface area contributed by atoms with Crippen molar-refractivity contribution in [2.75, 3.05) is 11.0 Å². The number of aromatic nitrogens is 2. The molecule has 1 aromatic heterocycles. The van der Waals surface area contributed by atoms with Gasteiger partial charge in [0.25, 0.3) is 10.0 Å². The number of alkyl halides is 1. The minimum Gasteiger partial charge on any atom is -0.256 e. The number of hydrogen-bond donors (Lipinski definition) is 0. The highest BCUT2D eigenvalue weighted by Crippen LogP contribution is 2.37. The number of rotatable bonds is 6. The number of halogens is 4. The van der Waals surface area contributed by atoms with E-state index in [1.54, 1.807) is 24.3 Å². The molecule has 0 aliphatic rings. The van der Waals surface area contributed by atoms with Gasteiger partial charge in [-0.3, -0.25) is 14.3 Å². The first-order chi connectivity index (χ1) is 15.3. The zero-order valence-corrected chi connectivity index (χ0v) is 19.3. The van der Waals surface area contributed by atoms with E-state index in [0.717, 1.165) is 16.4 Å². The molecule has 0 radical (unpaired) electrons. The molecule has 0 spiro atoms. The van der Waals surface area contributed by atoms with Gasteiger partial charge in [-0.1, -0.05) is 18.2 Å². The molecule has 0 saturated heterocycles. The smallest absolute Gasteiger partial charge is 0.256 e. The number of fused-ring (bicyclic) bond motifs is 1. The van der Waals surface area contributed by atoms with E-state index in [1.165, 1.54) is 30.6 Å². The summed E-state index contributed by atoms with van der Waals surface area (Å²) in [5.41, 5.74) is 0.274. The van der Waals surface area contributed by atoms with E-state index in [2.05, 4.69) is 9.97 Å². The maximum Gasteiger partial charge on any atom is 0.267 e. The molecule has 32 heavy (non-hydrogen) atoms. The summed E-state index contributed by atoms with van der Waals surface area (Å²) in [4.78, 5) is 8.06. The summed E-state index contributed by atoms with van der Waals surface area (Å²) in [6.45, 7) is -1.25. The van der Waals surface area contributed by atoms with Crippen molar-refractivity contribution < 1.29 is 21.6 Å². The Morgan fingerprint density at radius 3 is 2.44 bits per heavy atom. The fourth-order valence-electron chi connectivity index (χ4n) is 3.42. The van der Waals surface area contributed by atoms with Crippen LogP contribution in [0.25, 0.3) is 11.0 Å². The Labute approximate surface area is 196 Å². The van der Waals surface area contributed by atoms with Gasteiger partial charge in [0, 0.05) is 27.6 Å². The summed E-state index contributed by atoms with van der Waals surface area (Å²) >= 11 is 2.00. The van der Waals surface area contributed by atoms with Gasteiger partial charge in [0.15, 0.2) is 0 Å². The Kier molecular flexibility index (Phi) is 6.33. The lowest BCUT2D eigenvalue weighted by atomic mass is 10.1. The highest BCUT2D eigenvalue weighted by molar-refractivity contribution is 14.1. The molecule has 1 atom stereocenters. The van der Waals surface area contributed by atoms with Gasteiger partial charge in [0.1, 0.15) is 34.8 Å². The molecule has 0 aliphatic heterocycles. The minimum absolute atomic E-state index is 0.0998. The lowest BCUT2D eigenvalue weighted by molar-refractivity contribution is 0.423. The Morgan fingerprint density at radius 1 is 0.969 bits per heavy atom. The second-order valence-corrected chi connectivity index (χ2v) is 9.83. The number of nitrogens with zero attached hydrogens (tertiary/aromatic N) is 3. The SMILES string of the molecule is O=S(=O)(c1cccc2nccnc12)N(c1cccc(I)c1)C(CF)c1ccc(F)cc1F. The third-order valence-corrected chi connectivity index (χ3v) is 7.35. The molecule has 0 N–H and O–H groups in total. The van der Waals surface area contributed by atoms with Crippen LogP contribution in [0.2, 0.25) is 0 Å². The van der Waals surface area contributed by atoms with Crippen LogP contribution in [0.4, 0.5) is 18.9 Å². The molecule has 3 aromatic carbocycles. The first-order valence-electron chi connectivity index (χ1n) is 9.33. The summed E-state index contributed by atoms with van der Waals surface area (Å²) in [6.07, 6.45) is 2.78. The topological polar surface area (TPSA) is 63.2 Å². The molecule has 164 valence electrons. The quantitative estimate of drug-likeness (QED) is 0.291. The van der Waals surface area contributed by atoms with Gasteiger partial charge in [-0.05, 0) is 59.0 Å². The molecule has 1 unspecified atom stereocenters. The van der Waals surface area contributed by atoms with Crippen LogP contribution in [-0.2, 0) is 10.0 Å². The number of anilines is 1. The van der Waals surface area contributed by atoms with Crippen LogP contribution in [0, 0.1) is 15.2 Å². The second-order valence-electron chi connectivity index (χ2n) is 6.80. The van der Waals surface area contributed by atoms with Gasteiger partial charge >= 0.3 is 0 Å². The van der Waals surface area contributed by atoms with Crippen molar-refractivity contribution in [2.45, 2.75) is 10.9 Å². The Morgan fingerprint density at radius 2 is 1.72 bits per heavy atom. The number of benzene rings is 3. The average Bonchev–Trinajstić information content (AvgIpc) is 2.77. The van der Waals surface area contributed by atoms with Crippen LogP contribution in [-0.4, -0.2) is 25.1 Å². The van der Waals surface area contributed by atoms with Crippen molar-refractivity contribution in [3.05, 3.63) is 93.8 Å². The van der Waals surface area contributed by atoms with Crippen molar-refractivity contribution in [1.82, 2.24) is 9.97 Å². The van der Waals surface area contributed by atoms with Crippen molar-refractivity contribution in [3.8, 4) is 0 Å². The molecule has 10 heteroatoms. The Bertz CT molecular complexity index is 1400. The predicted molar refractivity (Wildman–Crippen MR) is 123 cm³/mol. The molecule has 4 rings (SSSR count). The van der Waals surface area contributed by atoms with Gasteiger partial charge in [0.2, 0.25) is 0 Å². The molecule has 4 aromatic rings. The lowest BCUT2D eigenvalue weighted by Gasteiger charge is -2.32. The predicted octanol–water partition coefficient (Wildman–Crippen LogP) is 5.42. The van der Waals surface area contributed by atoms with Gasteiger partial charge in [-0.15, -0.1) is 0 Å². The molecule has 0 bridgehead atoms. The summed E-state index contributed by atoms with van der Waals surface area (Å²) < 4.78 is 71.9. The zero-order valence-electron chi connectivity index (χ0n) is 16.3. The van der Waals surface area contributed by atoms with Crippen LogP contribution < -0.4 is 4.31 Å². The monoisotopic (exact) mass is 569 g/mol. The van der Waals surface area contributed by atoms with Gasteiger partial charge in [-0.25, -0.2) is 21.6 Å². The third kappa shape index (κ3) is 4.16. The maximum absolute atomic E-state index is 14.6. The van der Waals surface area contributed by atoms with Crippen molar-refractivity contribution in [2.24, 2.45) is 0 Å². The Balaban J connectivity index is 1.99. The molecular weight excluding hydrogens is 554 g/mol. The van der Waals surface area contributed by atoms with Crippen LogP contribution in [0.15, 0.2) is 78.0 Å². The molecule has 0 amide bonds. The summed E-state index contributed by atoms with van der Waals surface area (Å²) in [5.74, 6) is -1.90. The zero-order chi connectivity index (χ0) is 22.9. The molecule has 0 fully saturated rings. The lowest BCUT2D eigenvalue weighted by Crippen LogP contribution is -2.37. The summed E-state index contributed by atoms with van der Waals surface area (Å²) in [7, 11) is -4.46. The molecule has 5 nitrogen and oxygen atoms in total. The fraction of sp³-hybridized carbons (Fsp3) is 0.0909. The molecule has 0 saturated carbocycles. The highest BCUT2D eigenvalue weighted by atomic mass is 127. The normalized spacial score (nSPS) is 12.6. The maximum atomic E-state index is 14.6. The first-order valence-corrected chi connectivity index (χ1v) is 11.9. The standard InChI is InChI=1S/C22H15F3IN3O2S/c23-13-20(17-8-7-14(24)11-18(17)25)29(16-4-1-3-15(26)12-16)32(30,31)21-6-2-5-19-22(21)28-10-9-27-19/h1-12,20H,13H2. The summed E-state index contributed by atoms with van der Waals surface area (Å²) in [5, 5.41) is 0. The van der Waals surface area contributed by atoms with Crippen molar-refractivity contribution >= 4 is 49.3 Å². The van der Waals surface area contributed by atoms with E-state index < -0.39 is 34.4 Å². The van der Waals surface area contributed by atoms with E-state index in [9.17, 15) is 21.6 Å². The highest BCUT2D eigenvalue weighted by Gasteiger charge is 2.36. The van der Waals surface area contributed by atoms with E-state index in [4.69, 9.17) is 0 Å². The minimum atomic E-state index is -4.46. The number of hydrogen-bond acceptors (Lipinski definition) is 4. The van der Waals surface area contributed by atoms with E-state index in [1.807, 2.05) is 22.6 Å².